The van der Waals surface area contributed by atoms with Crippen molar-refractivity contribution in [1.29, 1.82) is 0 Å². The van der Waals surface area contributed by atoms with E-state index in [9.17, 15) is 8.42 Å². The van der Waals surface area contributed by atoms with Crippen molar-refractivity contribution in [3.8, 4) is 0 Å². The van der Waals surface area contributed by atoms with Crippen molar-refractivity contribution in [2.24, 2.45) is 0 Å². The van der Waals surface area contributed by atoms with Crippen molar-refractivity contribution in [2.75, 3.05) is 12.3 Å². The highest BCUT2D eigenvalue weighted by Gasteiger charge is 2.25. The zero-order valence-corrected chi connectivity index (χ0v) is 26.6. The fourth-order valence-electron chi connectivity index (χ4n) is 4.25. The third kappa shape index (κ3) is 18.2. The van der Waals surface area contributed by atoms with E-state index >= 15 is 0 Å². The van der Waals surface area contributed by atoms with Gasteiger partial charge in [-0.3, -0.25) is 4.84 Å². The van der Waals surface area contributed by atoms with Crippen molar-refractivity contribution in [3.05, 3.63) is 17.1 Å². The number of aromatic nitrogens is 1. The van der Waals surface area contributed by atoms with Gasteiger partial charge >= 0.3 is 0 Å². The largest absolute Gasteiger partial charge is 1.00 e. The summed E-state index contributed by atoms with van der Waals surface area (Å²) in [5, 5.41) is 2.00. The van der Waals surface area contributed by atoms with E-state index in [-0.39, 0.29) is 35.8 Å². The molecule has 0 aromatic carbocycles. The molecule has 0 bridgehead atoms. The molecule has 1 unspecified atom stereocenters. The number of hydroxylamine groups is 1. The maximum atomic E-state index is 12.9. The predicted octanol–water partition coefficient (Wildman–Crippen LogP) is 4.66. The number of halogens is 1. The third-order valence-corrected chi connectivity index (χ3v) is 8.78. The van der Waals surface area contributed by atoms with Crippen LogP contribution in [0.4, 0.5) is 0 Å². The lowest BCUT2D eigenvalue weighted by atomic mass is 10.0. The highest BCUT2D eigenvalue weighted by atomic mass is 127. The minimum atomic E-state index is -3.40. The Bertz CT molecular complexity index is 672. The van der Waals surface area contributed by atoms with Crippen LogP contribution in [0.1, 0.15) is 130 Å². The minimum Gasteiger partial charge on any atom is -1.00 e. The molecule has 1 atom stereocenters. The van der Waals surface area contributed by atoms with Crippen LogP contribution >= 0.6 is 11.3 Å². The number of hydrogen-bond donors (Lipinski definition) is 0. The molecule has 0 fully saturated rings. The molecule has 0 aliphatic heterocycles. The topological polar surface area (TPSA) is 50.5 Å². The fraction of sp³-hybridized carbons (Fsp3) is 0.889. The smallest absolute Gasteiger partial charge is 0.236 e. The van der Waals surface area contributed by atoms with Crippen LogP contribution in [0.3, 0.4) is 0 Å². The standard InChI is InChI=1S/C27H53N2O3S2.HI/c1-4-7-8-9-10-11-12-13-14-15-16-17-18-20-27(6-3)32-29(21-5-2)34(30,31)25-19-22-28-23-24-33-26-28;/h23-24,26-27H,4-22,25H2,1-3H3;1H/q+1;/p-1. The number of nitrogens with zero attached hydrogens (tertiary/aromatic N) is 2. The van der Waals surface area contributed by atoms with Crippen LogP contribution in [0.15, 0.2) is 17.1 Å². The van der Waals surface area contributed by atoms with Crippen molar-refractivity contribution in [2.45, 2.75) is 143 Å². The predicted molar refractivity (Wildman–Crippen MR) is 145 cm³/mol. The van der Waals surface area contributed by atoms with Gasteiger partial charge in [0.05, 0.1) is 17.2 Å². The van der Waals surface area contributed by atoms with Crippen molar-refractivity contribution >= 4 is 21.4 Å². The first-order valence-electron chi connectivity index (χ1n) is 14.1. The first-order chi connectivity index (χ1) is 16.5. The Kier molecular flexibility index (Phi) is 23.5. The van der Waals surface area contributed by atoms with E-state index in [2.05, 4.69) is 13.8 Å². The summed E-state index contributed by atoms with van der Waals surface area (Å²) in [6.45, 7) is 7.52. The molecule has 8 heteroatoms. The van der Waals surface area contributed by atoms with E-state index in [4.69, 9.17) is 4.84 Å². The van der Waals surface area contributed by atoms with Gasteiger partial charge in [0.15, 0.2) is 6.20 Å². The molecule has 5 nitrogen and oxygen atoms in total. The summed E-state index contributed by atoms with van der Waals surface area (Å²) < 4.78 is 29.1. The van der Waals surface area contributed by atoms with Crippen molar-refractivity contribution in [1.82, 2.24) is 4.47 Å². The summed E-state index contributed by atoms with van der Waals surface area (Å²) in [6, 6.07) is 0. The van der Waals surface area contributed by atoms with Gasteiger partial charge in [0.2, 0.25) is 15.5 Å². The lowest BCUT2D eigenvalue weighted by Gasteiger charge is -2.26. The number of rotatable bonds is 24. The molecule has 208 valence electrons. The molecular weight excluding hydrogens is 591 g/mol. The summed E-state index contributed by atoms with van der Waals surface area (Å²) in [7, 11) is -3.40. The summed E-state index contributed by atoms with van der Waals surface area (Å²) in [5.74, 6) is 0.130. The highest BCUT2D eigenvalue weighted by Crippen LogP contribution is 2.17. The van der Waals surface area contributed by atoms with E-state index in [0.717, 1.165) is 32.2 Å². The summed E-state index contributed by atoms with van der Waals surface area (Å²) in [5.41, 5.74) is 2.01. The van der Waals surface area contributed by atoms with Gasteiger partial charge in [0, 0.05) is 13.0 Å². The van der Waals surface area contributed by atoms with Crippen LogP contribution in [0, 0.1) is 0 Å². The molecule has 35 heavy (non-hydrogen) atoms. The average molecular weight is 645 g/mol. The second-order valence-electron chi connectivity index (χ2n) is 9.63. The molecule has 0 amide bonds. The molecule has 0 aliphatic carbocycles. The lowest BCUT2D eigenvalue weighted by Crippen LogP contribution is -3.00. The second-order valence-corrected chi connectivity index (χ2v) is 12.4. The molecule has 0 saturated heterocycles. The van der Waals surface area contributed by atoms with Gasteiger partial charge in [-0.15, -0.1) is 0 Å². The number of sulfonamides is 1. The zero-order chi connectivity index (χ0) is 24.9. The molecule has 0 N–H and O–H groups in total. The number of thiazole rings is 1. The van der Waals surface area contributed by atoms with E-state index < -0.39 is 10.0 Å². The van der Waals surface area contributed by atoms with Crippen LogP contribution in [-0.4, -0.2) is 31.3 Å². The van der Waals surface area contributed by atoms with E-state index in [1.807, 2.05) is 28.6 Å². The van der Waals surface area contributed by atoms with Gasteiger partial charge in [0.25, 0.3) is 0 Å². The van der Waals surface area contributed by atoms with Gasteiger partial charge in [0.1, 0.15) is 6.54 Å². The molecule has 1 rings (SSSR count). The SMILES string of the molecule is CCCCCCCCCCCCCCCC(CC)ON(CCC)S(=O)(=O)CCC[n+]1ccsc1.[I-]. The van der Waals surface area contributed by atoms with Crippen LogP contribution in [-0.2, 0) is 21.4 Å². The van der Waals surface area contributed by atoms with E-state index in [1.54, 1.807) is 11.3 Å². The summed E-state index contributed by atoms with van der Waals surface area (Å²) in [4.78, 5) is 6.04. The number of hydrogen-bond acceptors (Lipinski definition) is 4. The quantitative estimate of drug-likeness (QED) is 0.0713. The van der Waals surface area contributed by atoms with E-state index in [0.29, 0.717) is 13.0 Å². The van der Waals surface area contributed by atoms with Gasteiger partial charge < -0.3 is 24.0 Å². The molecule has 0 spiro atoms. The Balaban J connectivity index is 0.0000116. The van der Waals surface area contributed by atoms with Crippen LogP contribution in [0.2, 0.25) is 0 Å². The van der Waals surface area contributed by atoms with Gasteiger partial charge in [-0.2, -0.15) is 4.57 Å². The van der Waals surface area contributed by atoms with Crippen LogP contribution in [0.25, 0.3) is 0 Å². The Labute approximate surface area is 238 Å². The molecule has 1 heterocycles. The first-order valence-corrected chi connectivity index (χ1v) is 16.7. The Morgan fingerprint density at radius 1 is 0.829 bits per heavy atom. The average Bonchev–Trinajstić information content (AvgIpc) is 3.34. The maximum absolute atomic E-state index is 12.9. The van der Waals surface area contributed by atoms with Crippen LogP contribution in [0.5, 0.6) is 0 Å². The van der Waals surface area contributed by atoms with Crippen LogP contribution < -0.4 is 28.5 Å². The molecule has 0 saturated carbocycles. The summed E-state index contributed by atoms with van der Waals surface area (Å²) >= 11 is 1.62. The third-order valence-electron chi connectivity index (χ3n) is 6.41. The number of unbranched alkanes of at least 4 members (excludes halogenated alkanes) is 12. The van der Waals surface area contributed by atoms with Crippen molar-refractivity contribution < 1.29 is 41.8 Å². The monoisotopic (exact) mass is 644 g/mol. The number of aryl methyl sites for hydroxylation is 1. The fourth-order valence-corrected chi connectivity index (χ4v) is 6.29. The molecule has 1 aromatic heterocycles. The van der Waals surface area contributed by atoms with Crippen molar-refractivity contribution in [3.63, 3.8) is 0 Å². The second kappa shape index (κ2) is 23.4. The molecule has 0 radical (unpaired) electrons. The minimum absolute atomic E-state index is 0. The Hall–Kier alpha value is 0.230. The zero-order valence-electron chi connectivity index (χ0n) is 22.8. The lowest BCUT2D eigenvalue weighted by molar-refractivity contribution is -0.692. The Morgan fingerprint density at radius 3 is 1.89 bits per heavy atom. The highest BCUT2D eigenvalue weighted by molar-refractivity contribution is 7.88. The van der Waals surface area contributed by atoms with Gasteiger partial charge in [-0.05, 0) is 19.3 Å². The first kappa shape index (κ1) is 35.2. The molecular formula is C27H53IN2O3S2. The van der Waals surface area contributed by atoms with E-state index in [1.165, 1.54) is 81.5 Å². The Morgan fingerprint density at radius 2 is 1.40 bits per heavy atom. The molecule has 1 aromatic rings. The molecule has 0 aliphatic rings. The normalized spacial score (nSPS) is 12.7. The van der Waals surface area contributed by atoms with Gasteiger partial charge in [-0.25, -0.2) is 8.42 Å². The van der Waals surface area contributed by atoms with Gasteiger partial charge in [-0.1, -0.05) is 120 Å². The maximum Gasteiger partial charge on any atom is 0.236 e. The summed E-state index contributed by atoms with van der Waals surface area (Å²) in [6.07, 6.45) is 22.6.